The van der Waals surface area contributed by atoms with Crippen molar-refractivity contribution in [2.24, 2.45) is 0 Å². The molecule has 0 aromatic heterocycles. The molecular weight excluding hydrogens is 356 g/mol. The summed E-state index contributed by atoms with van der Waals surface area (Å²) in [6.07, 6.45) is 4.46. The van der Waals surface area contributed by atoms with Crippen LogP contribution >= 0.6 is 0 Å². The first-order valence-electron chi connectivity index (χ1n) is 9.54. The molecule has 2 aromatic rings. The van der Waals surface area contributed by atoms with Crippen LogP contribution in [0.5, 0.6) is 11.5 Å². The summed E-state index contributed by atoms with van der Waals surface area (Å²) < 4.78 is 11.1. The number of rotatable bonds is 9. The van der Waals surface area contributed by atoms with Crippen LogP contribution in [0.1, 0.15) is 58.9 Å². The lowest BCUT2D eigenvalue weighted by molar-refractivity contribution is 0.0846. The molecule has 6 heteroatoms. The Morgan fingerprint density at radius 1 is 0.929 bits per heavy atom. The van der Waals surface area contributed by atoms with Crippen molar-refractivity contribution in [2.75, 3.05) is 13.7 Å². The number of benzene rings is 2. The average molecular weight is 384 g/mol. The van der Waals surface area contributed by atoms with E-state index in [4.69, 9.17) is 9.47 Å². The first kappa shape index (κ1) is 21.3. The van der Waals surface area contributed by atoms with E-state index in [2.05, 4.69) is 17.8 Å². The van der Waals surface area contributed by atoms with Gasteiger partial charge in [-0.1, -0.05) is 44.4 Å². The van der Waals surface area contributed by atoms with Crippen LogP contribution in [0.3, 0.4) is 0 Å². The molecule has 0 unspecified atom stereocenters. The molecular formula is C22H28N2O4. The second-order valence-electron chi connectivity index (χ2n) is 6.50. The molecule has 28 heavy (non-hydrogen) atoms. The molecule has 150 valence electrons. The van der Waals surface area contributed by atoms with Gasteiger partial charge in [-0.2, -0.15) is 0 Å². The molecule has 2 aromatic carbocycles. The van der Waals surface area contributed by atoms with E-state index < -0.39 is 5.91 Å². The van der Waals surface area contributed by atoms with Crippen molar-refractivity contribution in [3.05, 3.63) is 59.2 Å². The molecule has 6 nitrogen and oxygen atoms in total. The molecule has 0 heterocycles. The Labute approximate surface area is 166 Å². The molecule has 0 aliphatic heterocycles. The fraction of sp³-hybridized carbons (Fsp3) is 0.364. The number of hydrogen-bond acceptors (Lipinski definition) is 4. The lowest BCUT2D eigenvalue weighted by Gasteiger charge is -2.13. The lowest BCUT2D eigenvalue weighted by Crippen LogP contribution is -2.41. The van der Waals surface area contributed by atoms with Gasteiger partial charge in [0.2, 0.25) is 0 Å². The summed E-state index contributed by atoms with van der Waals surface area (Å²) in [6.45, 7) is 4.61. The van der Waals surface area contributed by atoms with Gasteiger partial charge in [0, 0.05) is 11.1 Å². The van der Waals surface area contributed by atoms with Gasteiger partial charge in [0.15, 0.2) is 11.5 Å². The number of hydrogen-bond donors (Lipinski definition) is 2. The fourth-order valence-electron chi connectivity index (χ4n) is 2.72. The maximum absolute atomic E-state index is 12.4. The zero-order valence-electron chi connectivity index (χ0n) is 16.7. The van der Waals surface area contributed by atoms with Gasteiger partial charge in [-0.05, 0) is 43.2 Å². The summed E-state index contributed by atoms with van der Waals surface area (Å²) in [6, 6.07) is 12.1. The molecule has 2 rings (SSSR count). The van der Waals surface area contributed by atoms with Crippen LogP contribution in [0.2, 0.25) is 0 Å². The zero-order chi connectivity index (χ0) is 20.4. The lowest BCUT2D eigenvalue weighted by atomic mass is 10.1. The van der Waals surface area contributed by atoms with Crippen molar-refractivity contribution in [3.63, 3.8) is 0 Å². The van der Waals surface area contributed by atoms with E-state index in [0.29, 0.717) is 29.2 Å². The Kier molecular flexibility index (Phi) is 8.34. The molecule has 0 aliphatic carbocycles. The number of unbranched alkanes of at least 4 members (excludes halogenated alkanes) is 3. The highest BCUT2D eigenvalue weighted by atomic mass is 16.5. The minimum absolute atomic E-state index is 0.361. The first-order valence-corrected chi connectivity index (χ1v) is 9.54. The van der Waals surface area contributed by atoms with E-state index >= 15 is 0 Å². The Balaban J connectivity index is 1.94. The van der Waals surface area contributed by atoms with Crippen LogP contribution in [-0.4, -0.2) is 25.5 Å². The van der Waals surface area contributed by atoms with Crippen LogP contribution in [-0.2, 0) is 0 Å². The number of amides is 2. The number of ether oxygens (including phenoxy) is 2. The van der Waals surface area contributed by atoms with Crippen molar-refractivity contribution in [3.8, 4) is 11.5 Å². The van der Waals surface area contributed by atoms with Gasteiger partial charge >= 0.3 is 0 Å². The molecule has 0 aliphatic rings. The van der Waals surface area contributed by atoms with Crippen molar-refractivity contribution in [2.45, 2.75) is 39.5 Å². The van der Waals surface area contributed by atoms with Crippen molar-refractivity contribution >= 4 is 11.8 Å². The monoisotopic (exact) mass is 384 g/mol. The highest BCUT2D eigenvalue weighted by Crippen LogP contribution is 2.28. The highest BCUT2D eigenvalue weighted by Gasteiger charge is 2.13. The molecule has 0 bridgehead atoms. The van der Waals surface area contributed by atoms with E-state index in [9.17, 15) is 9.59 Å². The van der Waals surface area contributed by atoms with Crippen LogP contribution in [0.15, 0.2) is 42.5 Å². The molecule has 0 fully saturated rings. The van der Waals surface area contributed by atoms with E-state index in [0.717, 1.165) is 18.4 Å². The molecule has 2 amide bonds. The maximum atomic E-state index is 12.4. The minimum atomic E-state index is -0.435. The number of carbonyl (C=O) groups excluding carboxylic acids is 2. The van der Waals surface area contributed by atoms with Gasteiger partial charge in [0.05, 0.1) is 13.7 Å². The normalized spacial score (nSPS) is 10.2. The van der Waals surface area contributed by atoms with Gasteiger partial charge in [-0.3, -0.25) is 20.4 Å². The van der Waals surface area contributed by atoms with Crippen molar-refractivity contribution < 1.29 is 19.1 Å². The standard InChI is InChI=1S/C22H28N2O4/c1-4-5-6-9-14-28-19-13-12-17(15-20(19)27-3)21(25)23-24-22(26)18-11-8-7-10-16(18)2/h7-8,10-13,15H,4-6,9,14H2,1-3H3,(H,23,25)(H,24,26). The average Bonchev–Trinajstić information content (AvgIpc) is 2.72. The molecule has 0 radical (unpaired) electrons. The van der Waals surface area contributed by atoms with E-state index in [1.165, 1.54) is 20.0 Å². The second-order valence-corrected chi connectivity index (χ2v) is 6.50. The van der Waals surface area contributed by atoms with Gasteiger partial charge in [-0.15, -0.1) is 0 Å². The second kappa shape index (κ2) is 11.0. The highest BCUT2D eigenvalue weighted by molar-refractivity contribution is 6.00. The number of aryl methyl sites for hydroxylation is 1. The number of hydrazine groups is 1. The molecule has 0 saturated carbocycles. The third-order valence-electron chi connectivity index (χ3n) is 4.36. The fourth-order valence-corrected chi connectivity index (χ4v) is 2.72. The van der Waals surface area contributed by atoms with Crippen molar-refractivity contribution in [1.82, 2.24) is 10.9 Å². The van der Waals surface area contributed by atoms with Gasteiger partial charge in [-0.25, -0.2) is 0 Å². The Morgan fingerprint density at radius 2 is 1.68 bits per heavy atom. The van der Waals surface area contributed by atoms with E-state index in [-0.39, 0.29) is 5.91 Å². The van der Waals surface area contributed by atoms with Crippen LogP contribution in [0.4, 0.5) is 0 Å². The van der Waals surface area contributed by atoms with Gasteiger partial charge < -0.3 is 9.47 Å². The minimum Gasteiger partial charge on any atom is -0.493 e. The van der Waals surface area contributed by atoms with Gasteiger partial charge in [0.25, 0.3) is 11.8 Å². The SMILES string of the molecule is CCCCCCOc1ccc(C(=O)NNC(=O)c2ccccc2C)cc1OC. The smallest absolute Gasteiger partial charge is 0.269 e. The van der Waals surface area contributed by atoms with Crippen LogP contribution in [0, 0.1) is 6.92 Å². The molecule has 0 saturated heterocycles. The molecule has 0 spiro atoms. The van der Waals surface area contributed by atoms with Crippen LogP contribution in [0.25, 0.3) is 0 Å². The summed E-state index contributed by atoms with van der Waals surface area (Å²) in [5.41, 5.74) is 6.56. The number of nitrogens with one attached hydrogen (secondary N) is 2. The largest absolute Gasteiger partial charge is 0.493 e. The Bertz CT molecular complexity index is 805. The summed E-state index contributed by atoms with van der Waals surface area (Å²) in [7, 11) is 1.53. The van der Waals surface area contributed by atoms with E-state index in [1.807, 2.05) is 19.1 Å². The van der Waals surface area contributed by atoms with Crippen LogP contribution < -0.4 is 20.3 Å². The number of carbonyl (C=O) groups is 2. The quantitative estimate of drug-likeness (QED) is 0.505. The molecule has 2 N–H and O–H groups in total. The topological polar surface area (TPSA) is 76.7 Å². The summed E-state index contributed by atoms with van der Waals surface area (Å²) in [5, 5.41) is 0. The molecule has 0 atom stereocenters. The maximum Gasteiger partial charge on any atom is 0.269 e. The number of methoxy groups -OCH3 is 1. The van der Waals surface area contributed by atoms with Gasteiger partial charge in [0.1, 0.15) is 0 Å². The summed E-state index contributed by atoms with van der Waals surface area (Å²) in [5.74, 6) is 0.271. The third kappa shape index (κ3) is 6.01. The Hall–Kier alpha value is -3.02. The summed E-state index contributed by atoms with van der Waals surface area (Å²) in [4.78, 5) is 24.6. The van der Waals surface area contributed by atoms with Crippen molar-refractivity contribution in [1.29, 1.82) is 0 Å². The van der Waals surface area contributed by atoms with E-state index in [1.54, 1.807) is 30.3 Å². The third-order valence-corrected chi connectivity index (χ3v) is 4.36. The Morgan fingerprint density at radius 3 is 2.39 bits per heavy atom. The summed E-state index contributed by atoms with van der Waals surface area (Å²) >= 11 is 0. The predicted molar refractivity (Wildman–Crippen MR) is 109 cm³/mol. The zero-order valence-corrected chi connectivity index (χ0v) is 16.7. The predicted octanol–water partition coefficient (Wildman–Crippen LogP) is 4.04. The first-order chi connectivity index (χ1) is 13.6.